The van der Waals surface area contributed by atoms with Crippen LogP contribution in [-0.2, 0) is 0 Å². The summed E-state index contributed by atoms with van der Waals surface area (Å²) in [7, 11) is 0. The number of para-hydroxylation sites is 2. The molecule has 0 atom stereocenters. The molecule has 0 radical (unpaired) electrons. The van der Waals surface area contributed by atoms with Crippen molar-refractivity contribution in [1.29, 1.82) is 0 Å². The summed E-state index contributed by atoms with van der Waals surface area (Å²) >= 11 is 0. The Balaban J connectivity index is 1.52. The molecule has 28 heavy (non-hydrogen) atoms. The van der Waals surface area contributed by atoms with Gasteiger partial charge in [0.15, 0.2) is 5.65 Å². The fourth-order valence-corrected chi connectivity index (χ4v) is 3.57. The van der Waals surface area contributed by atoms with Crippen LogP contribution in [0, 0.1) is 6.92 Å². The highest BCUT2D eigenvalue weighted by molar-refractivity contribution is 5.99. The average Bonchev–Trinajstić information content (AvgIpc) is 3.12. The van der Waals surface area contributed by atoms with Crippen LogP contribution in [0.2, 0.25) is 0 Å². The third kappa shape index (κ3) is 3.21. The lowest BCUT2D eigenvalue weighted by atomic mass is 10.2. The predicted molar refractivity (Wildman–Crippen MR) is 106 cm³/mol. The van der Waals surface area contributed by atoms with Gasteiger partial charge in [0.25, 0.3) is 11.5 Å². The fraction of sp³-hybridized carbons (Fsp3) is 0.350. The Labute approximate surface area is 162 Å². The quantitative estimate of drug-likeness (QED) is 0.744. The maximum atomic E-state index is 13.0. The van der Waals surface area contributed by atoms with Crippen molar-refractivity contribution in [3.63, 3.8) is 0 Å². The predicted octanol–water partition coefficient (Wildman–Crippen LogP) is 1.69. The average molecular weight is 381 g/mol. The van der Waals surface area contributed by atoms with E-state index in [0.717, 1.165) is 11.4 Å². The minimum atomic E-state index is -0.223. The Kier molecular flexibility index (Phi) is 4.77. The second-order valence-electron chi connectivity index (χ2n) is 6.76. The van der Waals surface area contributed by atoms with Gasteiger partial charge in [-0.3, -0.25) is 14.7 Å². The van der Waals surface area contributed by atoms with Crippen molar-refractivity contribution in [3.05, 3.63) is 58.1 Å². The number of carbonyl (C=O) groups is 1. The van der Waals surface area contributed by atoms with Gasteiger partial charge in [-0.1, -0.05) is 12.1 Å². The van der Waals surface area contributed by atoms with Crippen LogP contribution in [0.15, 0.2) is 41.3 Å². The SMILES string of the molecule is CCOc1ccccc1N1CCN(C(=O)c2c[nH]n3c(=O)cc(C)nc23)CC1. The van der Waals surface area contributed by atoms with Crippen molar-refractivity contribution in [2.75, 3.05) is 37.7 Å². The van der Waals surface area contributed by atoms with Gasteiger partial charge in [0.05, 0.1) is 12.3 Å². The Morgan fingerprint density at radius 3 is 2.71 bits per heavy atom. The second-order valence-corrected chi connectivity index (χ2v) is 6.76. The summed E-state index contributed by atoms with van der Waals surface area (Å²) in [6, 6.07) is 9.40. The van der Waals surface area contributed by atoms with E-state index in [1.54, 1.807) is 18.0 Å². The van der Waals surface area contributed by atoms with Gasteiger partial charge >= 0.3 is 0 Å². The standard InChI is InChI=1S/C20H23N5O3/c1-3-28-17-7-5-4-6-16(17)23-8-10-24(11-9-23)20(27)15-13-21-25-18(26)12-14(2)22-19(15)25/h4-7,12-13,21H,3,8-11H2,1-2H3. The zero-order valence-electron chi connectivity index (χ0n) is 16.0. The first-order valence-corrected chi connectivity index (χ1v) is 9.42. The zero-order valence-corrected chi connectivity index (χ0v) is 16.0. The third-order valence-corrected chi connectivity index (χ3v) is 4.93. The van der Waals surface area contributed by atoms with Crippen LogP contribution in [0.5, 0.6) is 5.75 Å². The molecule has 4 rings (SSSR count). The molecule has 0 unspecified atom stereocenters. The van der Waals surface area contributed by atoms with Gasteiger partial charge in [-0.25, -0.2) is 9.50 Å². The molecule has 3 heterocycles. The number of hydrogen-bond acceptors (Lipinski definition) is 5. The number of aromatic amines is 1. The van der Waals surface area contributed by atoms with Gasteiger partial charge in [0.2, 0.25) is 0 Å². The van der Waals surface area contributed by atoms with E-state index in [1.807, 2.05) is 31.2 Å². The lowest BCUT2D eigenvalue weighted by Crippen LogP contribution is -2.48. The Morgan fingerprint density at radius 2 is 1.96 bits per heavy atom. The molecule has 0 saturated carbocycles. The number of anilines is 1. The highest BCUT2D eigenvalue weighted by Crippen LogP contribution is 2.29. The molecule has 1 aliphatic rings. The number of ether oxygens (including phenoxy) is 1. The second kappa shape index (κ2) is 7.38. The van der Waals surface area contributed by atoms with E-state index in [0.29, 0.717) is 49.7 Å². The van der Waals surface area contributed by atoms with Gasteiger partial charge < -0.3 is 14.5 Å². The van der Waals surface area contributed by atoms with Crippen LogP contribution >= 0.6 is 0 Å². The summed E-state index contributed by atoms with van der Waals surface area (Å²) in [6.07, 6.45) is 1.56. The summed E-state index contributed by atoms with van der Waals surface area (Å²) in [5.41, 5.74) is 2.21. The van der Waals surface area contributed by atoms with Gasteiger partial charge in [0, 0.05) is 44.1 Å². The fourth-order valence-electron chi connectivity index (χ4n) is 3.57. The number of piperazine rings is 1. The summed E-state index contributed by atoms with van der Waals surface area (Å²) in [6.45, 7) is 6.93. The molecule has 8 nitrogen and oxygen atoms in total. The number of amides is 1. The summed E-state index contributed by atoms with van der Waals surface area (Å²) in [4.78, 5) is 33.5. The number of carbonyl (C=O) groups excluding carboxylic acids is 1. The molecule has 1 N–H and O–H groups in total. The minimum absolute atomic E-state index is 0.117. The molecule has 8 heteroatoms. The van der Waals surface area contributed by atoms with Crippen molar-refractivity contribution < 1.29 is 9.53 Å². The lowest BCUT2D eigenvalue weighted by molar-refractivity contribution is 0.0748. The van der Waals surface area contributed by atoms with E-state index in [-0.39, 0.29) is 11.5 Å². The molecule has 1 amide bonds. The van der Waals surface area contributed by atoms with Crippen LogP contribution < -0.4 is 15.2 Å². The van der Waals surface area contributed by atoms with E-state index in [2.05, 4.69) is 15.0 Å². The van der Waals surface area contributed by atoms with E-state index in [9.17, 15) is 9.59 Å². The Morgan fingerprint density at radius 1 is 1.21 bits per heavy atom. The summed E-state index contributed by atoms with van der Waals surface area (Å²) < 4.78 is 7.03. The van der Waals surface area contributed by atoms with E-state index >= 15 is 0 Å². The Bertz CT molecular complexity index is 1060. The van der Waals surface area contributed by atoms with E-state index in [1.165, 1.54) is 10.6 Å². The maximum absolute atomic E-state index is 13.0. The number of nitrogens with zero attached hydrogens (tertiary/aromatic N) is 4. The monoisotopic (exact) mass is 381 g/mol. The summed E-state index contributed by atoms with van der Waals surface area (Å²) in [5.74, 6) is 0.745. The molecule has 146 valence electrons. The van der Waals surface area contributed by atoms with Crippen molar-refractivity contribution in [1.82, 2.24) is 19.5 Å². The minimum Gasteiger partial charge on any atom is -0.492 e. The number of rotatable bonds is 4. The van der Waals surface area contributed by atoms with Crippen molar-refractivity contribution in [3.8, 4) is 5.75 Å². The molecule has 1 aliphatic heterocycles. The molecule has 1 fully saturated rings. The van der Waals surface area contributed by atoms with Gasteiger partial charge in [-0.15, -0.1) is 0 Å². The van der Waals surface area contributed by atoms with Crippen LogP contribution in [0.3, 0.4) is 0 Å². The van der Waals surface area contributed by atoms with Crippen LogP contribution in [0.25, 0.3) is 5.65 Å². The number of aryl methyl sites for hydroxylation is 1. The molecule has 1 aromatic carbocycles. The van der Waals surface area contributed by atoms with Gasteiger partial charge in [-0.2, -0.15) is 0 Å². The molecule has 2 aromatic heterocycles. The van der Waals surface area contributed by atoms with E-state index < -0.39 is 0 Å². The smallest absolute Gasteiger partial charge is 0.272 e. The Hall–Kier alpha value is -3.29. The van der Waals surface area contributed by atoms with Crippen LogP contribution in [0.1, 0.15) is 23.0 Å². The van der Waals surface area contributed by atoms with Gasteiger partial charge in [-0.05, 0) is 26.0 Å². The molecule has 0 aliphatic carbocycles. The normalized spacial score (nSPS) is 14.5. The molecular formula is C20H23N5O3. The maximum Gasteiger partial charge on any atom is 0.272 e. The summed E-state index contributed by atoms with van der Waals surface area (Å²) in [5, 5.41) is 2.83. The molecule has 3 aromatic rings. The number of H-pyrrole nitrogens is 1. The highest BCUT2D eigenvalue weighted by Gasteiger charge is 2.26. The molecule has 0 spiro atoms. The van der Waals surface area contributed by atoms with Crippen molar-refractivity contribution in [2.45, 2.75) is 13.8 Å². The molecule has 0 bridgehead atoms. The van der Waals surface area contributed by atoms with Crippen molar-refractivity contribution in [2.24, 2.45) is 0 Å². The first kappa shape index (κ1) is 18.1. The first-order valence-electron chi connectivity index (χ1n) is 9.42. The molecule has 1 saturated heterocycles. The van der Waals surface area contributed by atoms with E-state index in [4.69, 9.17) is 4.74 Å². The zero-order chi connectivity index (χ0) is 19.7. The third-order valence-electron chi connectivity index (χ3n) is 4.93. The number of hydrogen-bond donors (Lipinski definition) is 1. The van der Waals surface area contributed by atoms with Crippen LogP contribution in [-0.4, -0.2) is 58.2 Å². The number of nitrogens with one attached hydrogen (secondary N) is 1. The van der Waals surface area contributed by atoms with Crippen molar-refractivity contribution >= 4 is 17.2 Å². The number of fused-ring (bicyclic) bond motifs is 1. The van der Waals surface area contributed by atoms with Gasteiger partial charge in [0.1, 0.15) is 11.3 Å². The first-order chi connectivity index (χ1) is 13.6. The van der Waals surface area contributed by atoms with Crippen LogP contribution in [0.4, 0.5) is 5.69 Å². The largest absolute Gasteiger partial charge is 0.492 e. The number of benzene rings is 1. The number of aromatic nitrogens is 3. The topological polar surface area (TPSA) is 82.9 Å². The molecular weight excluding hydrogens is 358 g/mol. The highest BCUT2D eigenvalue weighted by atomic mass is 16.5. The lowest BCUT2D eigenvalue weighted by Gasteiger charge is -2.36.